The van der Waals surface area contributed by atoms with Gasteiger partial charge in [0, 0.05) is 6.20 Å². The van der Waals surface area contributed by atoms with E-state index in [1.807, 2.05) is 0 Å². The molecule has 2 aromatic heterocycles. The summed E-state index contributed by atoms with van der Waals surface area (Å²) in [5, 5.41) is 12.6. The standard InChI is InChI=1S/C10H7N3O3/c14-6-8-1-2-9(4-11-8)13-5-7(3-12-13)10(15)16/h1-6H,(H,15,16). The van der Waals surface area contributed by atoms with Crippen LogP contribution in [0.4, 0.5) is 0 Å². The number of carbonyl (C=O) groups is 2. The molecule has 0 aliphatic rings. The highest BCUT2D eigenvalue weighted by molar-refractivity contribution is 5.87. The number of hydrogen-bond donors (Lipinski definition) is 1. The maximum atomic E-state index is 10.6. The van der Waals surface area contributed by atoms with Crippen molar-refractivity contribution in [3.8, 4) is 5.69 Å². The molecule has 0 aliphatic carbocycles. The van der Waals surface area contributed by atoms with E-state index >= 15 is 0 Å². The summed E-state index contributed by atoms with van der Waals surface area (Å²) in [6.45, 7) is 0. The molecule has 16 heavy (non-hydrogen) atoms. The van der Waals surface area contributed by atoms with Crippen molar-refractivity contribution in [3.05, 3.63) is 42.0 Å². The summed E-state index contributed by atoms with van der Waals surface area (Å²) >= 11 is 0. The summed E-state index contributed by atoms with van der Waals surface area (Å²) < 4.78 is 1.38. The molecule has 0 radical (unpaired) electrons. The molecular formula is C10H7N3O3. The summed E-state index contributed by atoms with van der Waals surface area (Å²) in [5.41, 5.74) is 1.01. The van der Waals surface area contributed by atoms with Gasteiger partial charge in [-0.25, -0.2) is 9.48 Å². The molecular weight excluding hydrogens is 210 g/mol. The van der Waals surface area contributed by atoms with Gasteiger partial charge in [0.15, 0.2) is 6.29 Å². The minimum Gasteiger partial charge on any atom is -0.478 e. The molecule has 2 rings (SSSR count). The van der Waals surface area contributed by atoms with E-state index in [-0.39, 0.29) is 5.56 Å². The fourth-order valence-electron chi connectivity index (χ4n) is 1.18. The fraction of sp³-hybridized carbons (Fsp3) is 0. The second-order valence-electron chi connectivity index (χ2n) is 3.04. The maximum absolute atomic E-state index is 10.6. The molecule has 0 atom stereocenters. The molecule has 0 bridgehead atoms. The van der Waals surface area contributed by atoms with Crippen LogP contribution in [-0.2, 0) is 0 Å². The van der Waals surface area contributed by atoms with Gasteiger partial charge in [0.05, 0.1) is 23.6 Å². The number of nitrogens with zero attached hydrogens (tertiary/aromatic N) is 3. The van der Waals surface area contributed by atoms with Crippen molar-refractivity contribution >= 4 is 12.3 Å². The van der Waals surface area contributed by atoms with Gasteiger partial charge in [0.25, 0.3) is 0 Å². The van der Waals surface area contributed by atoms with Gasteiger partial charge in [0.1, 0.15) is 5.69 Å². The summed E-state index contributed by atoms with van der Waals surface area (Å²) in [6.07, 6.45) is 4.70. The Hall–Kier alpha value is -2.50. The summed E-state index contributed by atoms with van der Waals surface area (Å²) in [7, 11) is 0. The molecule has 6 heteroatoms. The van der Waals surface area contributed by atoms with Crippen LogP contribution in [0.2, 0.25) is 0 Å². The molecule has 0 aromatic carbocycles. The Balaban J connectivity index is 2.35. The van der Waals surface area contributed by atoms with Crippen molar-refractivity contribution in [3.63, 3.8) is 0 Å². The normalized spacial score (nSPS) is 10.0. The first-order valence-corrected chi connectivity index (χ1v) is 4.40. The minimum atomic E-state index is -1.04. The van der Waals surface area contributed by atoms with Crippen LogP contribution >= 0.6 is 0 Å². The molecule has 0 fully saturated rings. The number of aromatic nitrogens is 3. The third kappa shape index (κ3) is 1.81. The molecule has 0 amide bonds. The number of aldehydes is 1. The largest absolute Gasteiger partial charge is 0.478 e. The highest BCUT2D eigenvalue weighted by atomic mass is 16.4. The van der Waals surface area contributed by atoms with E-state index in [1.54, 1.807) is 6.07 Å². The van der Waals surface area contributed by atoms with E-state index in [9.17, 15) is 9.59 Å². The molecule has 0 spiro atoms. The minimum absolute atomic E-state index is 0.0967. The van der Waals surface area contributed by atoms with E-state index < -0.39 is 5.97 Å². The topological polar surface area (TPSA) is 85.1 Å². The number of pyridine rings is 1. The van der Waals surface area contributed by atoms with Crippen molar-refractivity contribution in [2.75, 3.05) is 0 Å². The lowest BCUT2D eigenvalue weighted by atomic mass is 10.3. The van der Waals surface area contributed by atoms with Crippen LogP contribution in [0.1, 0.15) is 20.8 Å². The van der Waals surface area contributed by atoms with Crippen molar-refractivity contribution in [1.29, 1.82) is 0 Å². The molecule has 0 unspecified atom stereocenters. The first-order valence-electron chi connectivity index (χ1n) is 4.40. The Kier molecular flexibility index (Phi) is 2.47. The second-order valence-corrected chi connectivity index (χ2v) is 3.04. The van der Waals surface area contributed by atoms with Crippen LogP contribution in [-0.4, -0.2) is 32.1 Å². The van der Waals surface area contributed by atoms with Gasteiger partial charge in [-0.2, -0.15) is 5.10 Å². The van der Waals surface area contributed by atoms with Gasteiger partial charge >= 0.3 is 5.97 Å². The van der Waals surface area contributed by atoms with Crippen molar-refractivity contribution in [2.24, 2.45) is 0 Å². The van der Waals surface area contributed by atoms with E-state index in [0.717, 1.165) is 0 Å². The predicted octanol–water partition coefficient (Wildman–Crippen LogP) is 0.778. The van der Waals surface area contributed by atoms with Crippen molar-refractivity contribution < 1.29 is 14.7 Å². The first-order chi connectivity index (χ1) is 7.70. The summed E-state index contributed by atoms with van der Waals surface area (Å²) in [5.74, 6) is -1.04. The fourth-order valence-corrected chi connectivity index (χ4v) is 1.18. The smallest absolute Gasteiger partial charge is 0.338 e. The van der Waals surface area contributed by atoms with Crippen LogP contribution in [0.25, 0.3) is 5.69 Å². The molecule has 2 aromatic rings. The van der Waals surface area contributed by atoms with Crippen LogP contribution in [0, 0.1) is 0 Å². The molecule has 80 valence electrons. The summed E-state index contributed by atoms with van der Waals surface area (Å²) in [4.78, 5) is 24.9. The molecule has 2 heterocycles. The van der Waals surface area contributed by atoms with Crippen molar-refractivity contribution in [1.82, 2.24) is 14.8 Å². The Labute approximate surface area is 90.2 Å². The van der Waals surface area contributed by atoms with E-state index in [4.69, 9.17) is 5.11 Å². The van der Waals surface area contributed by atoms with E-state index in [2.05, 4.69) is 10.1 Å². The van der Waals surface area contributed by atoms with Gasteiger partial charge in [0.2, 0.25) is 0 Å². The molecule has 0 saturated carbocycles. The van der Waals surface area contributed by atoms with Crippen LogP contribution in [0.5, 0.6) is 0 Å². The number of carbonyl (C=O) groups excluding carboxylic acids is 1. The third-order valence-corrected chi connectivity index (χ3v) is 1.99. The zero-order chi connectivity index (χ0) is 11.5. The number of aromatic carboxylic acids is 1. The monoisotopic (exact) mass is 217 g/mol. The number of rotatable bonds is 3. The zero-order valence-corrected chi connectivity index (χ0v) is 8.07. The Morgan fingerprint density at radius 1 is 1.38 bits per heavy atom. The number of carboxylic acid groups (broad SMARTS) is 1. The number of hydrogen-bond acceptors (Lipinski definition) is 4. The average Bonchev–Trinajstić information content (AvgIpc) is 2.78. The molecule has 1 N–H and O–H groups in total. The number of carboxylic acids is 1. The molecule has 0 aliphatic heterocycles. The van der Waals surface area contributed by atoms with Gasteiger partial charge in [-0.15, -0.1) is 0 Å². The highest BCUT2D eigenvalue weighted by Crippen LogP contribution is 2.07. The van der Waals surface area contributed by atoms with Crippen LogP contribution in [0.15, 0.2) is 30.7 Å². The van der Waals surface area contributed by atoms with E-state index in [0.29, 0.717) is 17.7 Å². The van der Waals surface area contributed by atoms with Crippen molar-refractivity contribution in [2.45, 2.75) is 0 Å². The lowest BCUT2D eigenvalue weighted by molar-refractivity contribution is 0.0696. The quantitative estimate of drug-likeness (QED) is 0.768. The summed E-state index contributed by atoms with van der Waals surface area (Å²) in [6, 6.07) is 3.17. The third-order valence-electron chi connectivity index (χ3n) is 1.99. The van der Waals surface area contributed by atoms with Gasteiger partial charge in [-0.1, -0.05) is 0 Å². The Morgan fingerprint density at radius 3 is 2.69 bits per heavy atom. The Morgan fingerprint density at radius 2 is 2.19 bits per heavy atom. The SMILES string of the molecule is O=Cc1ccc(-n2cc(C(=O)O)cn2)cn1. The maximum Gasteiger partial charge on any atom is 0.338 e. The van der Waals surface area contributed by atoms with Crippen LogP contribution < -0.4 is 0 Å². The lowest BCUT2D eigenvalue weighted by Gasteiger charge is -1.99. The van der Waals surface area contributed by atoms with Gasteiger partial charge in [-0.05, 0) is 12.1 Å². The predicted molar refractivity (Wildman–Crippen MR) is 53.7 cm³/mol. The highest BCUT2D eigenvalue weighted by Gasteiger charge is 2.07. The second kappa shape index (κ2) is 3.93. The van der Waals surface area contributed by atoms with Crippen LogP contribution in [0.3, 0.4) is 0 Å². The molecule has 6 nitrogen and oxygen atoms in total. The van der Waals surface area contributed by atoms with E-state index in [1.165, 1.54) is 29.3 Å². The lowest BCUT2D eigenvalue weighted by Crippen LogP contribution is -1.97. The Bertz CT molecular complexity index is 530. The van der Waals surface area contributed by atoms with Gasteiger partial charge < -0.3 is 5.11 Å². The van der Waals surface area contributed by atoms with Gasteiger partial charge in [-0.3, -0.25) is 9.78 Å². The molecule has 0 saturated heterocycles. The zero-order valence-electron chi connectivity index (χ0n) is 8.07. The first kappa shape index (κ1) is 10.0. The average molecular weight is 217 g/mol.